The van der Waals surface area contributed by atoms with Crippen LogP contribution in [0.2, 0.25) is 0 Å². The fourth-order valence-corrected chi connectivity index (χ4v) is 8.61. The molecule has 0 fully saturated rings. The minimum atomic E-state index is -0.799. The van der Waals surface area contributed by atoms with Gasteiger partial charge in [0.2, 0.25) is 0 Å². The van der Waals surface area contributed by atoms with Gasteiger partial charge in [0.15, 0.2) is 6.10 Å². The first-order valence-corrected chi connectivity index (χ1v) is 32.2. The third kappa shape index (κ3) is 62.4. The smallest absolute Gasteiger partial charge is 0.306 e. The fourth-order valence-electron chi connectivity index (χ4n) is 8.61. The van der Waals surface area contributed by atoms with E-state index in [1.54, 1.807) is 0 Å². The first kappa shape index (κ1) is 73.5. The zero-order chi connectivity index (χ0) is 56.4. The number of carbonyl (C=O) groups excluding carboxylic acids is 3. The van der Waals surface area contributed by atoms with Gasteiger partial charge in [-0.05, 0) is 135 Å². The summed E-state index contributed by atoms with van der Waals surface area (Å²) in [6, 6.07) is 0. The highest BCUT2D eigenvalue weighted by atomic mass is 16.6. The van der Waals surface area contributed by atoms with Gasteiger partial charge >= 0.3 is 17.9 Å². The van der Waals surface area contributed by atoms with Crippen LogP contribution in [0.15, 0.2) is 134 Å². The quantitative estimate of drug-likeness (QED) is 0.0261. The lowest BCUT2D eigenvalue weighted by Crippen LogP contribution is -2.30. The van der Waals surface area contributed by atoms with Gasteiger partial charge in [-0.1, -0.05) is 264 Å². The van der Waals surface area contributed by atoms with Crippen molar-refractivity contribution in [2.45, 2.75) is 290 Å². The Morgan fingerprint density at radius 2 is 0.500 bits per heavy atom. The van der Waals surface area contributed by atoms with Crippen LogP contribution >= 0.6 is 0 Å². The van der Waals surface area contributed by atoms with E-state index >= 15 is 0 Å². The maximum Gasteiger partial charge on any atom is 0.306 e. The second kappa shape index (κ2) is 65.1. The van der Waals surface area contributed by atoms with Crippen molar-refractivity contribution in [3.05, 3.63) is 134 Å². The highest BCUT2D eigenvalue weighted by Gasteiger charge is 2.19. The van der Waals surface area contributed by atoms with Crippen LogP contribution in [0, 0.1) is 0 Å². The predicted molar refractivity (Wildman–Crippen MR) is 339 cm³/mol. The zero-order valence-corrected chi connectivity index (χ0v) is 50.6. The Balaban J connectivity index is 4.39. The van der Waals surface area contributed by atoms with Gasteiger partial charge in [-0.25, -0.2) is 0 Å². The lowest BCUT2D eigenvalue weighted by Gasteiger charge is -2.18. The highest BCUT2D eigenvalue weighted by molar-refractivity contribution is 5.71. The summed E-state index contributed by atoms with van der Waals surface area (Å²) in [5, 5.41) is 0. The standard InChI is InChI=1S/C72H118O6/c1-4-7-10-13-16-19-22-25-28-30-32-33-34-35-36-37-38-39-41-42-44-47-50-53-56-59-62-65-71(74)77-68-69(67-76-70(73)64-61-58-55-52-49-46-27-24-21-18-15-12-9-6-3)78-72(75)66-63-60-57-54-51-48-45-43-40-31-29-26-23-20-17-14-11-8-5-2/h7-8,10-11,16-17,19-20,24-29,32-33,35-36,38-40,43,69H,4-6,9,12-15,18,21-23,30-31,34,37,41-42,44-68H2,1-3H3/b10-7-,11-8-,19-16-,20-17-,27-24-,28-25-,29-26-,33-32-,36-35-,39-38-,43-40-. The predicted octanol–water partition coefficient (Wildman–Crippen LogP) is 22.2. The third-order valence-corrected chi connectivity index (χ3v) is 13.4. The molecular weight excluding hydrogens is 961 g/mol. The second-order valence-electron chi connectivity index (χ2n) is 20.9. The van der Waals surface area contributed by atoms with Crippen molar-refractivity contribution in [3.63, 3.8) is 0 Å². The molecule has 0 rings (SSSR count). The summed E-state index contributed by atoms with van der Waals surface area (Å²) in [6.07, 6.45) is 91.6. The molecule has 0 spiro atoms. The largest absolute Gasteiger partial charge is 0.462 e. The molecule has 0 aromatic carbocycles. The molecule has 0 amide bonds. The van der Waals surface area contributed by atoms with Gasteiger partial charge < -0.3 is 14.2 Å². The summed E-state index contributed by atoms with van der Waals surface area (Å²) in [4.78, 5) is 38.3. The van der Waals surface area contributed by atoms with Gasteiger partial charge in [-0.3, -0.25) is 14.4 Å². The minimum absolute atomic E-state index is 0.0938. The van der Waals surface area contributed by atoms with Gasteiger partial charge in [0, 0.05) is 19.3 Å². The molecule has 0 saturated heterocycles. The van der Waals surface area contributed by atoms with E-state index in [1.165, 1.54) is 96.3 Å². The Labute approximate surface area is 481 Å². The summed E-state index contributed by atoms with van der Waals surface area (Å²) in [5.41, 5.74) is 0. The van der Waals surface area contributed by atoms with Crippen molar-refractivity contribution in [1.82, 2.24) is 0 Å². The molecule has 1 atom stereocenters. The lowest BCUT2D eigenvalue weighted by atomic mass is 10.1. The van der Waals surface area contributed by atoms with E-state index in [9.17, 15) is 14.4 Å². The monoisotopic (exact) mass is 1080 g/mol. The number of hydrogen-bond donors (Lipinski definition) is 0. The van der Waals surface area contributed by atoms with Gasteiger partial charge in [-0.15, -0.1) is 0 Å². The van der Waals surface area contributed by atoms with E-state index < -0.39 is 6.10 Å². The number of rotatable bonds is 57. The van der Waals surface area contributed by atoms with E-state index in [0.717, 1.165) is 148 Å². The summed E-state index contributed by atoms with van der Waals surface area (Å²) in [7, 11) is 0. The highest BCUT2D eigenvalue weighted by Crippen LogP contribution is 2.15. The molecule has 0 aliphatic rings. The molecule has 0 aromatic rings. The van der Waals surface area contributed by atoms with E-state index in [-0.39, 0.29) is 31.1 Å². The van der Waals surface area contributed by atoms with Gasteiger partial charge in [0.05, 0.1) is 0 Å². The van der Waals surface area contributed by atoms with Crippen LogP contribution in [-0.4, -0.2) is 37.2 Å². The number of unbranched alkanes of at least 4 members (excludes halogenated alkanes) is 24. The second-order valence-corrected chi connectivity index (χ2v) is 20.9. The van der Waals surface area contributed by atoms with Crippen molar-refractivity contribution in [2.24, 2.45) is 0 Å². The topological polar surface area (TPSA) is 78.9 Å². The van der Waals surface area contributed by atoms with E-state index in [1.807, 2.05) is 0 Å². The van der Waals surface area contributed by atoms with Gasteiger partial charge in [0.1, 0.15) is 13.2 Å². The molecule has 0 aromatic heterocycles. The molecular formula is C72H118O6. The van der Waals surface area contributed by atoms with Crippen molar-refractivity contribution in [2.75, 3.05) is 13.2 Å². The van der Waals surface area contributed by atoms with Crippen molar-refractivity contribution >= 4 is 17.9 Å². The maximum absolute atomic E-state index is 12.9. The summed E-state index contributed by atoms with van der Waals surface area (Å²) < 4.78 is 16.9. The first-order valence-electron chi connectivity index (χ1n) is 32.2. The lowest BCUT2D eigenvalue weighted by molar-refractivity contribution is -0.167. The number of ether oxygens (including phenoxy) is 3. The van der Waals surface area contributed by atoms with Crippen LogP contribution in [0.5, 0.6) is 0 Å². The Morgan fingerprint density at radius 1 is 0.269 bits per heavy atom. The SMILES string of the molecule is CC/C=C\C/C=C\C/C=C\C/C=C\C/C=C\C/C=C\CCCCCCCCCCC(=O)OCC(COC(=O)CCCCCCC/C=C\CCCCCCC)OC(=O)CCCCCCCC/C=C\C/C=C\C/C=C\C/C=C\CC. The van der Waals surface area contributed by atoms with Crippen molar-refractivity contribution in [3.8, 4) is 0 Å². The average Bonchev–Trinajstić information content (AvgIpc) is 3.44. The van der Waals surface area contributed by atoms with Gasteiger partial charge in [0.25, 0.3) is 0 Å². The average molecular weight is 1080 g/mol. The van der Waals surface area contributed by atoms with Crippen LogP contribution in [0.25, 0.3) is 0 Å². The van der Waals surface area contributed by atoms with Crippen LogP contribution < -0.4 is 0 Å². The maximum atomic E-state index is 12.9. The third-order valence-electron chi connectivity index (χ3n) is 13.4. The van der Waals surface area contributed by atoms with Crippen LogP contribution in [0.1, 0.15) is 284 Å². The number of hydrogen-bond acceptors (Lipinski definition) is 6. The molecule has 442 valence electrons. The Hall–Kier alpha value is -4.45. The van der Waals surface area contributed by atoms with Gasteiger partial charge in [-0.2, -0.15) is 0 Å². The van der Waals surface area contributed by atoms with Crippen molar-refractivity contribution in [1.29, 1.82) is 0 Å². The molecule has 0 aliphatic carbocycles. The molecule has 6 nitrogen and oxygen atoms in total. The number of allylic oxidation sites excluding steroid dienone is 22. The molecule has 0 heterocycles. The molecule has 0 aliphatic heterocycles. The molecule has 0 saturated carbocycles. The summed E-state index contributed by atoms with van der Waals surface area (Å²) >= 11 is 0. The van der Waals surface area contributed by atoms with Crippen LogP contribution in [-0.2, 0) is 28.6 Å². The Morgan fingerprint density at radius 3 is 0.795 bits per heavy atom. The molecule has 1 unspecified atom stereocenters. The summed E-state index contributed by atoms with van der Waals surface area (Å²) in [6.45, 7) is 6.39. The minimum Gasteiger partial charge on any atom is -0.462 e. The van der Waals surface area contributed by atoms with Crippen molar-refractivity contribution < 1.29 is 28.6 Å². The number of esters is 3. The van der Waals surface area contributed by atoms with E-state index in [0.29, 0.717) is 19.3 Å². The molecule has 6 heteroatoms. The number of carbonyl (C=O) groups is 3. The van der Waals surface area contributed by atoms with Crippen LogP contribution in [0.3, 0.4) is 0 Å². The van der Waals surface area contributed by atoms with E-state index in [4.69, 9.17) is 14.2 Å². The molecule has 78 heavy (non-hydrogen) atoms. The fraction of sp³-hybridized carbons (Fsp3) is 0.653. The molecule has 0 radical (unpaired) electrons. The zero-order valence-electron chi connectivity index (χ0n) is 50.6. The Bertz CT molecular complexity index is 1670. The Kier molecular flexibility index (Phi) is 61.4. The van der Waals surface area contributed by atoms with Crippen LogP contribution in [0.4, 0.5) is 0 Å². The first-order chi connectivity index (χ1) is 38.5. The normalized spacial score (nSPS) is 13.0. The molecule has 0 N–H and O–H groups in total. The summed E-state index contributed by atoms with van der Waals surface area (Å²) in [5.74, 6) is -0.922. The van der Waals surface area contributed by atoms with E-state index in [2.05, 4.69) is 154 Å². The molecule has 0 bridgehead atoms.